The van der Waals surface area contributed by atoms with Crippen LogP contribution < -0.4 is 10.6 Å². The van der Waals surface area contributed by atoms with E-state index < -0.39 is 22.9 Å². The van der Waals surface area contributed by atoms with E-state index in [0.29, 0.717) is 13.1 Å². The highest BCUT2D eigenvalue weighted by Gasteiger charge is 2.42. The van der Waals surface area contributed by atoms with Gasteiger partial charge in [0.15, 0.2) is 0 Å². The number of benzene rings is 1. The molecule has 0 unspecified atom stereocenters. The minimum absolute atomic E-state index is 0.114. The van der Waals surface area contributed by atoms with Gasteiger partial charge in [0.25, 0.3) is 0 Å². The molecule has 0 bridgehead atoms. The predicted octanol–water partition coefficient (Wildman–Crippen LogP) is 3.12. The van der Waals surface area contributed by atoms with E-state index in [4.69, 9.17) is 0 Å². The summed E-state index contributed by atoms with van der Waals surface area (Å²) in [6.45, 7) is 16.8. The highest BCUT2D eigenvalue weighted by atomic mass is 16.2. The zero-order valence-corrected chi connectivity index (χ0v) is 26.0. The number of carbonyl (C=O) groups is 3. The Hall–Kier alpha value is -2.45. The summed E-state index contributed by atoms with van der Waals surface area (Å²) < 4.78 is 0. The normalized spacial score (nSPS) is 16.8. The third-order valence-corrected chi connectivity index (χ3v) is 8.17. The zero-order chi connectivity index (χ0) is 29.5. The van der Waals surface area contributed by atoms with Crippen LogP contribution in [0.5, 0.6) is 0 Å². The maximum atomic E-state index is 14.0. The number of nitrogens with one attached hydrogen (secondary N) is 2. The summed E-state index contributed by atoms with van der Waals surface area (Å²) in [5, 5.41) is 6.31. The second-order valence-electron chi connectivity index (χ2n) is 13.2. The van der Waals surface area contributed by atoms with E-state index in [9.17, 15) is 14.4 Å². The van der Waals surface area contributed by atoms with Gasteiger partial charge in [-0.05, 0) is 43.8 Å². The van der Waals surface area contributed by atoms with Crippen LogP contribution in [-0.4, -0.2) is 97.9 Å². The molecule has 0 saturated carbocycles. The van der Waals surface area contributed by atoms with Crippen LogP contribution in [0, 0.1) is 11.3 Å². The molecule has 8 nitrogen and oxygen atoms in total. The molecule has 0 spiro atoms. The van der Waals surface area contributed by atoms with Gasteiger partial charge in [0.05, 0.1) is 12.6 Å². The van der Waals surface area contributed by atoms with Crippen molar-refractivity contribution >= 4 is 17.7 Å². The van der Waals surface area contributed by atoms with Crippen LogP contribution >= 0.6 is 0 Å². The van der Waals surface area contributed by atoms with Crippen molar-refractivity contribution in [2.24, 2.45) is 11.3 Å². The number of nitrogens with zero attached hydrogens (tertiary/aromatic N) is 3. The molecule has 1 saturated heterocycles. The number of amides is 3. The fourth-order valence-corrected chi connectivity index (χ4v) is 5.56. The summed E-state index contributed by atoms with van der Waals surface area (Å²) in [6, 6.07) is 8.59. The second kappa shape index (κ2) is 13.8. The highest BCUT2D eigenvalue weighted by Crippen LogP contribution is 2.29. The Morgan fingerprint density at radius 2 is 1.51 bits per heavy atom. The van der Waals surface area contributed by atoms with Crippen molar-refractivity contribution in [1.82, 2.24) is 25.3 Å². The van der Waals surface area contributed by atoms with E-state index in [1.807, 2.05) is 88.8 Å². The first-order chi connectivity index (χ1) is 18.1. The molecule has 0 aliphatic carbocycles. The van der Waals surface area contributed by atoms with Crippen LogP contribution in [0.2, 0.25) is 0 Å². The summed E-state index contributed by atoms with van der Waals surface area (Å²) in [6.07, 6.45) is 2.14. The van der Waals surface area contributed by atoms with Crippen LogP contribution in [0.1, 0.15) is 66.9 Å². The van der Waals surface area contributed by atoms with Gasteiger partial charge in [-0.25, -0.2) is 0 Å². The number of hydrogen-bond acceptors (Lipinski definition) is 5. The van der Waals surface area contributed by atoms with Gasteiger partial charge < -0.3 is 20.4 Å². The Kier molecular flexibility index (Phi) is 11.6. The van der Waals surface area contributed by atoms with Gasteiger partial charge in [-0.3, -0.25) is 19.3 Å². The highest BCUT2D eigenvalue weighted by molar-refractivity contribution is 5.91. The number of likely N-dealkylation sites (N-methyl/N-ethyl adjacent to an activating group) is 3. The van der Waals surface area contributed by atoms with Crippen molar-refractivity contribution in [3.8, 4) is 0 Å². The molecule has 3 atom stereocenters. The largest absolute Gasteiger partial charge is 0.342 e. The predicted molar refractivity (Wildman–Crippen MR) is 158 cm³/mol. The van der Waals surface area contributed by atoms with Crippen LogP contribution in [0.3, 0.4) is 0 Å². The molecule has 8 heteroatoms. The third-order valence-electron chi connectivity index (χ3n) is 8.17. The van der Waals surface area contributed by atoms with Crippen molar-refractivity contribution in [3.63, 3.8) is 0 Å². The van der Waals surface area contributed by atoms with Crippen molar-refractivity contribution in [3.05, 3.63) is 35.9 Å². The molecule has 2 rings (SSSR count). The van der Waals surface area contributed by atoms with E-state index in [2.05, 4.69) is 24.5 Å². The first kappa shape index (κ1) is 32.8. The monoisotopic (exact) mass is 543 g/mol. The van der Waals surface area contributed by atoms with E-state index in [-0.39, 0.29) is 29.7 Å². The molecule has 1 heterocycles. The molecule has 2 N–H and O–H groups in total. The molecule has 1 aliphatic heterocycles. The Morgan fingerprint density at radius 3 is 2.00 bits per heavy atom. The molecule has 1 aromatic carbocycles. The molecule has 1 fully saturated rings. The van der Waals surface area contributed by atoms with Gasteiger partial charge in [-0.1, -0.05) is 78.8 Å². The Morgan fingerprint density at radius 1 is 0.949 bits per heavy atom. The number of rotatable bonds is 12. The van der Waals surface area contributed by atoms with E-state index >= 15 is 0 Å². The van der Waals surface area contributed by atoms with Gasteiger partial charge in [0.2, 0.25) is 17.7 Å². The molecular formula is C31H53N5O3. The van der Waals surface area contributed by atoms with Crippen LogP contribution in [0.4, 0.5) is 0 Å². The summed E-state index contributed by atoms with van der Waals surface area (Å²) in [5.41, 5.74) is 0.0411. The lowest BCUT2D eigenvalue weighted by Gasteiger charge is -2.41. The van der Waals surface area contributed by atoms with E-state index in [1.165, 1.54) is 0 Å². The molecule has 220 valence electrons. The lowest BCUT2D eigenvalue weighted by atomic mass is 9.76. The van der Waals surface area contributed by atoms with Crippen molar-refractivity contribution in [2.45, 2.75) is 84.8 Å². The van der Waals surface area contributed by atoms with Gasteiger partial charge in [0.1, 0.15) is 6.04 Å². The number of carbonyl (C=O) groups excluding carboxylic acids is 3. The van der Waals surface area contributed by atoms with E-state index in [0.717, 1.165) is 31.5 Å². The molecule has 39 heavy (non-hydrogen) atoms. The molecule has 1 aliphatic rings. The maximum Gasteiger partial charge on any atom is 0.245 e. The van der Waals surface area contributed by atoms with Crippen molar-refractivity contribution in [1.29, 1.82) is 0 Å². The Balaban J connectivity index is 2.20. The minimum atomic E-state index is -0.713. The Labute approximate surface area is 236 Å². The van der Waals surface area contributed by atoms with Crippen LogP contribution in [0.25, 0.3) is 0 Å². The lowest BCUT2D eigenvalue weighted by Crippen LogP contribution is -2.62. The first-order valence-electron chi connectivity index (χ1n) is 14.4. The van der Waals surface area contributed by atoms with E-state index in [1.54, 1.807) is 11.9 Å². The maximum absolute atomic E-state index is 14.0. The quantitative estimate of drug-likeness (QED) is 0.423. The molecule has 3 amide bonds. The summed E-state index contributed by atoms with van der Waals surface area (Å²) in [4.78, 5) is 46.1. The Bertz CT molecular complexity index is 951. The topological polar surface area (TPSA) is 85.0 Å². The van der Waals surface area contributed by atoms with Gasteiger partial charge in [-0.2, -0.15) is 0 Å². The fourth-order valence-electron chi connectivity index (χ4n) is 5.56. The van der Waals surface area contributed by atoms with Gasteiger partial charge >= 0.3 is 0 Å². The average Bonchev–Trinajstić information content (AvgIpc) is 3.40. The average molecular weight is 544 g/mol. The number of hydrogen-bond donors (Lipinski definition) is 2. The van der Waals surface area contributed by atoms with Gasteiger partial charge in [-0.15, -0.1) is 0 Å². The summed E-state index contributed by atoms with van der Waals surface area (Å²) in [5.74, 6) is -0.0178. The number of likely N-dealkylation sites (tertiary alicyclic amines) is 1. The second-order valence-corrected chi connectivity index (χ2v) is 13.2. The zero-order valence-electron chi connectivity index (χ0n) is 26.0. The van der Waals surface area contributed by atoms with Crippen molar-refractivity contribution in [2.75, 3.05) is 47.3 Å². The molecular weight excluding hydrogens is 490 g/mol. The van der Waals surface area contributed by atoms with Crippen LogP contribution in [-0.2, 0) is 19.8 Å². The standard InChI is InChI=1S/C31H53N5O3/c1-22(2)24(20-34(9)21-25(37)36-18-14-15-19-36)35(10)29(39)27(30(3,4)5)33-28(38)26(32-8)31(6,7)23-16-12-11-13-17-23/h11-13,16-17,22,24,26-27,32H,14-15,18-21H2,1-10H3,(H,33,38)/t24-,26-,27-/m1/s1. The summed E-state index contributed by atoms with van der Waals surface area (Å²) in [7, 11) is 5.54. The fraction of sp³-hybridized carbons (Fsp3) is 0.710. The summed E-state index contributed by atoms with van der Waals surface area (Å²) >= 11 is 0. The van der Waals surface area contributed by atoms with Crippen molar-refractivity contribution < 1.29 is 14.4 Å². The first-order valence-corrected chi connectivity index (χ1v) is 14.4. The lowest BCUT2D eigenvalue weighted by molar-refractivity contribution is -0.142. The molecule has 0 radical (unpaired) electrons. The smallest absolute Gasteiger partial charge is 0.245 e. The molecule has 0 aromatic heterocycles. The van der Waals surface area contributed by atoms with Gasteiger partial charge in [0, 0.05) is 38.1 Å². The SMILES string of the molecule is CN[C@H](C(=O)N[C@H](C(=O)N(C)[C@H](CN(C)CC(=O)N1CCCC1)C(C)C)C(C)(C)C)C(C)(C)c1ccccc1. The van der Waals surface area contributed by atoms with Crippen LogP contribution in [0.15, 0.2) is 30.3 Å². The minimum Gasteiger partial charge on any atom is -0.342 e. The third kappa shape index (κ3) is 8.52. The molecule has 1 aromatic rings.